The summed E-state index contributed by atoms with van der Waals surface area (Å²) in [6.45, 7) is 1.28. The highest BCUT2D eigenvalue weighted by Gasteiger charge is 2.38. The lowest BCUT2D eigenvalue weighted by Gasteiger charge is -2.22. The number of nitro benzene ring substituents is 1. The zero-order chi connectivity index (χ0) is 17.3. The first-order chi connectivity index (χ1) is 10.6. The maximum absolute atomic E-state index is 12.9. The van der Waals surface area contributed by atoms with E-state index in [1.165, 1.54) is 19.3 Å². The van der Waals surface area contributed by atoms with Crippen molar-refractivity contribution in [1.29, 1.82) is 0 Å². The number of nitrogens with one attached hydrogen (secondary N) is 1. The summed E-state index contributed by atoms with van der Waals surface area (Å²) < 4.78 is 43.7. The highest BCUT2D eigenvalue weighted by Crippen LogP contribution is 2.37. The molecule has 124 valence electrons. The molecule has 0 bridgehead atoms. The fraction of sp³-hybridized carbons (Fsp3) is 0.286. The molecule has 1 heterocycles. The normalized spacial score (nSPS) is 14.3. The number of anilines is 1. The van der Waals surface area contributed by atoms with Gasteiger partial charge in [0.05, 0.1) is 17.7 Å². The van der Waals surface area contributed by atoms with Gasteiger partial charge < -0.3 is 14.8 Å². The van der Waals surface area contributed by atoms with E-state index in [4.69, 9.17) is 4.42 Å². The number of hydrogen-bond acceptors (Lipinski definition) is 5. The predicted molar refractivity (Wildman–Crippen MR) is 74.9 cm³/mol. The Kier molecular flexibility index (Phi) is 4.33. The Balaban J connectivity index is 2.23. The maximum Gasteiger partial charge on any atom is 0.423 e. The molecule has 0 saturated carbocycles. The van der Waals surface area contributed by atoms with Gasteiger partial charge in [-0.25, -0.2) is 0 Å². The minimum absolute atomic E-state index is 0.00486. The van der Waals surface area contributed by atoms with E-state index in [-0.39, 0.29) is 18.0 Å². The van der Waals surface area contributed by atoms with Gasteiger partial charge in [0.1, 0.15) is 16.9 Å². The third-order valence-corrected chi connectivity index (χ3v) is 3.19. The average molecular weight is 330 g/mol. The van der Waals surface area contributed by atoms with Crippen LogP contribution in [0.5, 0.6) is 0 Å². The van der Waals surface area contributed by atoms with Gasteiger partial charge in [-0.2, -0.15) is 13.2 Å². The quantitative estimate of drug-likeness (QED) is 0.647. The first kappa shape index (κ1) is 16.8. The van der Waals surface area contributed by atoms with Crippen molar-refractivity contribution in [3.05, 3.63) is 58.0 Å². The molecule has 0 fully saturated rings. The van der Waals surface area contributed by atoms with Crippen LogP contribution in [0, 0.1) is 10.1 Å². The Hall–Kier alpha value is -2.55. The van der Waals surface area contributed by atoms with Crippen LogP contribution in [-0.2, 0) is 11.8 Å². The van der Waals surface area contributed by atoms with Gasteiger partial charge in [0.2, 0.25) is 0 Å². The third kappa shape index (κ3) is 3.81. The van der Waals surface area contributed by atoms with Crippen molar-refractivity contribution >= 4 is 11.4 Å². The molecule has 2 N–H and O–H groups in total. The second kappa shape index (κ2) is 5.92. The van der Waals surface area contributed by atoms with Crippen LogP contribution in [0.15, 0.2) is 41.0 Å². The minimum Gasteiger partial charge on any atom is -0.466 e. The molecule has 1 aromatic carbocycles. The molecular formula is C14H13F3N2O4. The summed E-state index contributed by atoms with van der Waals surface area (Å²) in [6.07, 6.45) is -3.50. The number of hydrogen-bond donors (Lipinski definition) is 2. The molecule has 0 aliphatic rings. The van der Waals surface area contributed by atoms with Crippen LogP contribution in [-0.4, -0.2) is 16.6 Å². The highest BCUT2D eigenvalue weighted by molar-refractivity contribution is 5.55. The largest absolute Gasteiger partial charge is 0.466 e. The molecule has 0 radical (unpaired) electrons. The van der Waals surface area contributed by atoms with Crippen LogP contribution in [0.4, 0.5) is 24.5 Å². The van der Waals surface area contributed by atoms with E-state index >= 15 is 0 Å². The lowest BCUT2D eigenvalue weighted by Crippen LogP contribution is -2.30. The van der Waals surface area contributed by atoms with E-state index in [1.807, 2.05) is 0 Å². The number of aliphatic hydroxyl groups is 1. The number of nitrogens with zero attached hydrogens (tertiary/aromatic N) is 1. The predicted octanol–water partition coefficient (Wildman–Crippen LogP) is 3.53. The average Bonchev–Trinajstić information content (AvgIpc) is 2.99. The lowest BCUT2D eigenvalue weighted by molar-refractivity contribution is -0.388. The van der Waals surface area contributed by atoms with E-state index in [1.54, 1.807) is 6.07 Å². The Labute approximate surface area is 128 Å². The lowest BCUT2D eigenvalue weighted by atomic mass is 10.0. The van der Waals surface area contributed by atoms with Crippen LogP contribution in [0.25, 0.3) is 0 Å². The Bertz CT molecular complexity index is 697. The van der Waals surface area contributed by atoms with E-state index in [2.05, 4.69) is 5.32 Å². The van der Waals surface area contributed by atoms with Gasteiger partial charge in [-0.1, -0.05) is 0 Å². The molecule has 2 rings (SSSR count). The Morgan fingerprint density at radius 2 is 2.04 bits per heavy atom. The summed E-state index contributed by atoms with van der Waals surface area (Å²) in [5.41, 5.74) is -3.84. The van der Waals surface area contributed by atoms with Crippen LogP contribution < -0.4 is 5.32 Å². The van der Waals surface area contributed by atoms with Gasteiger partial charge in [-0.05, 0) is 31.2 Å². The van der Waals surface area contributed by atoms with Crippen molar-refractivity contribution in [1.82, 2.24) is 0 Å². The molecule has 6 nitrogen and oxygen atoms in total. The summed E-state index contributed by atoms with van der Waals surface area (Å²) in [6, 6.07) is 5.64. The summed E-state index contributed by atoms with van der Waals surface area (Å²) in [5, 5.41) is 23.5. The molecule has 0 aliphatic heterocycles. The standard InChI is InChI=1S/C14H13F3N2O4/c1-13(20,12-3-2-6-23-12)8-18-9-4-5-11(19(21)22)10(7-9)14(15,16)17/h2-7,18,20H,8H2,1H3. The van der Waals surface area contributed by atoms with Crippen molar-refractivity contribution in [2.75, 3.05) is 11.9 Å². The molecule has 0 amide bonds. The molecule has 23 heavy (non-hydrogen) atoms. The van der Waals surface area contributed by atoms with Gasteiger partial charge >= 0.3 is 6.18 Å². The van der Waals surface area contributed by atoms with Crippen LogP contribution in [0.2, 0.25) is 0 Å². The molecule has 0 aliphatic carbocycles. The van der Waals surface area contributed by atoms with Gasteiger partial charge in [-0.3, -0.25) is 10.1 Å². The van der Waals surface area contributed by atoms with Gasteiger partial charge in [0.25, 0.3) is 5.69 Å². The number of benzene rings is 1. The molecule has 1 atom stereocenters. The smallest absolute Gasteiger partial charge is 0.423 e. The summed E-state index contributed by atoms with van der Waals surface area (Å²) in [5.74, 6) is 0.239. The summed E-state index contributed by atoms with van der Waals surface area (Å²) in [4.78, 5) is 9.59. The Morgan fingerprint density at radius 3 is 2.57 bits per heavy atom. The number of nitro groups is 1. The zero-order valence-corrected chi connectivity index (χ0v) is 11.9. The molecule has 0 saturated heterocycles. The third-order valence-electron chi connectivity index (χ3n) is 3.19. The first-order valence-corrected chi connectivity index (χ1v) is 6.47. The van der Waals surface area contributed by atoms with Gasteiger partial charge in [-0.15, -0.1) is 0 Å². The number of alkyl halides is 3. The minimum atomic E-state index is -4.86. The van der Waals surface area contributed by atoms with E-state index in [0.29, 0.717) is 6.07 Å². The first-order valence-electron chi connectivity index (χ1n) is 6.47. The van der Waals surface area contributed by atoms with Crippen LogP contribution in [0.3, 0.4) is 0 Å². The van der Waals surface area contributed by atoms with Gasteiger partial charge in [0.15, 0.2) is 0 Å². The van der Waals surface area contributed by atoms with Crippen molar-refractivity contribution in [2.45, 2.75) is 18.7 Å². The number of rotatable bonds is 5. The van der Waals surface area contributed by atoms with Crippen molar-refractivity contribution in [3.63, 3.8) is 0 Å². The van der Waals surface area contributed by atoms with E-state index in [0.717, 1.165) is 12.1 Å². The van der Waals surface area contributed by atoms with Gasteiger partial charge in [0, 0.05) is 11.8 Å². The van der Waals surface area contributed by atoms with Crippen molar-refractivity contribution in [2.24, 2.45) is 0 Å². The monoisotopic (exact) mass is 330 g/mol. The fourth-order valence-electron chi connectivity index (χ4n) is 1.98. The summed E-state index contributed by atoms with van der Waals surface area (Å²) in [7, 11) is 0. The molecule has 2 aromatic rings. The second-order valence-electron chi connectivity index (χ2n) is 5.09. The topological polar surface area (TPSA) is 88.5 Å². The SMILES string of the molecule is CC(O)(CNc1ccc([N+](=O)[O-])c(C(F)(F)F)c1)c1ccco1. The maximum atomic E-state index is 12.9. The van der Waals surface area contributed by atoms with Crippen LogP contribution in [0.1, 0.15) is 18.2 Å². The highest BCUT2D eigenvalue weighted by atomic mass is 19.4. The molecule has 1 aromatic heterocycles. The second-order valence-corrected chi connectivity index (χ2v) is 5.09. The Morgan fingerprint density at radius 1 is 1.35 bits per heavy atom. The van der Waals surface area contributed by atoms with Crippen molar-refractivity contribution < 1.29 is 27.6 Å². The summed E-state index contributed by atoms with van der Waals surface area (Å²) >= 11 is 0. The fourth-order valence-corrected chi connectivity index (χ4v) is 1.98. The van der Waals surface area contributed by atoms with Crippen molar-refractivity contribution in [3.8, 4) is 0 Å². The molecule has 0 spiro atoms. The van der Waals surface area contributed by atoms with Crippen LogP contribution >= 0.6 is 0 Å². The van der Waals surface area contributed by atoms with E-state index in [9.17, 15) is 28.4 Å². The zero-order valence-electron chi connectivity index (χ0n) is 11.9. The molecule has 9 heteroatoms. The van der Waals surface area contributed by atoms with E-state index < -0.39 is 28.0 Å². The molecular weight excluding hydrogens is 317 g/mol. The number of halogens is 3. The number of furan rings is 1. The molecule has 1 unspecified atom stereocenters.